The highest BCUT2D eigenvalue weighted by Crippen LogP contribution is 2.33. The standard InChI is InChI=1S/C19H16N4O2/c24-19(23-20-11-3-6-14-7-4-12-25-14)18-16-10-9-13-5-1-2-8-15(13)17(16)21-22-18/h1-8,11-12H,9-10H2,(H,21,22)(H,23,24)/b6-3+,20-11-. The predicted octanol–water partition coefficient (Wildman–Crippen LogP) is 3.20. The Morgan fingerprint density at radius 3 is 3.04 bits per heavy atom. The zero-order valence-electron chi connectivity index (χ0n) is 13.4. The third-order valence-electron chi connectivity index (χ3n) is 4.14. The first-order chi connectivity index (χ1) is 12.3. The number of hydrogen-bond acceptors (Lipinski definition) is 4. The average Bonchev–Trinajstić information content (AvgIpc) is 3.31. The minimum absolute atomic E-state index is 0.296. The number of H-pyrrole nitrogens is 1. The van der Waals surface area contributed by atoms with Crippen molar-refractivity contribution in [3.05, 3.63) is 71.3 Å². The van der Waals surface area contributed by atoms with Crippen LogP contribution in [0.1, 0.15) is 27.4 Å². The summed E-state index contributed by atoms with van der Waals surface area (Å²) in [5, 5.41) is 11.1. The lowest BCUT2D eigenvalue weighted by molar-refractivity contribution is 0.0949. The maximum absolute atomic E-state index is 12.3. The van der Waals surface area contributed by atoms with E-state index < -0.39 is 0 Å². The molecule has 1 amide bonds. The summed E-state index contributed by atoms with van der Waals surface area (Å²) in [5.74, 6) is 0.426. The van der Waals surface area contributed by atoms with E-state index in [0.717, 1.165) is 35.4 Å². The number of hydrazone groups is 1. The maximum atomic E-state index is 12.3. The first-order valence-electron chi connectivity index (χ1n) is 8.02. The second-order valence-corrected chi connectivity index (χ2v) is 5.68. The number of carbonyl (C=O) groups is 1. The summed E-state index contributed by atoms with van der Waals surface area (Å²) in [6, 6.07) is 11.8. The number of benzene rings is 1. The SMILES string of the molecule is O=C(N/N=C\C=C\c1ccco1)c1[nH]nc2c1CCc1ccccc1-2. The molecule has 3 aromatic rings. The van der Waals surface area contributed by atoms with Gasteiger partial charge < -0.3 is 4.42 Å². The molecule has 4 rings (SSSR count). The maximum Gasteiger partial charge on any atom is 0.289 e. The summed E-state index contributed by atoms with van der Waals surface area (Å²) in [6.07, 6.45) is 8.23. The number of fused-ring (bicyclic) bond motifs is 3. The van der Waals surface area contributed by atoms with Gasteiger partial charge in [0.2, 0.25) is 0 Å². The van der Waals surface area contributed by atoms with E-state index in [1.165, 1.54) is 11.8 Å². The number of aromatic amines is 1. The van der Waals surface area contributed by atoms with Crippen molar-refractivity contribution in [2.75, 3.05) is 0 Å². The summed E-state index contributed by atoms with van der Waals surface area (Å²) in [5.41, 5.74) is 7.13. The normalized spacial score (nSPS) is 13.1. The van der Waals surface area contributed by atoms with Crippen molar-refractivity contribution in [2.45, 2.75) is 12.8 Å². The molecule has 2 aromatic heterocycles. The second-order valence-electron chi connectivity index (χ2n) is 5.68. The number of rotatable bonds is 4. The molecule has 0 fully saturated rings. The molecule has 0 spiro atoms. The van der Waals surface area contributed by atoms with Gasteiger partial charge in [-0.25, -0.2) is 5.43 Å². The highest BCUT2D eigenvalue weighted by atomic mass is 16.3. The molecule has 1 aliphatic rings. The number of hydrogen-bond donors (Lipinski definition) is 2. The van der Waals surface area contributed by atoms with Gasteiger partial charge in [-0.05, 0) is 42.7 Å². The molecule has 124 valence electrons. The van der Waals surface area contributed by atoms with Crippen molar-refractivity contribution in [3.63, 3.8) is 0 Å². The molecule has 0 bridgehead atoms. The fourth-order valence-corrected chi connectivity index (χ4v) is 2.97. The predicted molar refractivity (Wildman–Crippen MR) is 95.1 cm³/mol. The highest BCUT2D eigenvalue weighted by molar-refractivity contribution is 5.96. The molecular formula is C19H16N4O2. The van der Waals surface area contributed by atoms with Gasteiger partial charge in [0.05, 0.1) is 12.0 Å². The van der Waals surface area contributed by atoms with Gasteiger partial charge >= 0.3 is 0 Å². The quantitative estimate of drug-likeness (QED) is 0.568. The third-order valence-corrected chi connectivity index (χ3v) is 4.14. The van der Waals surface area contributed by atoms with Crippen LogP contribution >= 0.6 is 0 Å². The monoisotopic (exact) mass is 332 g/mol. The van der Waals surface area contributed by atoms with Gasteiger partial charge in [0.1, 0.15) is 11.5 Å². The second kappa shape index (κ2) is 6.60. The van der Waals surface area contributed by atoms with Gasteiger partial charge in [0.25, 0.3) is 5.91 Å². The van der Waals surface area contributed by atoms with Gasteiger partial charge in [0.15, 0.2) is 0 Å². The Balaban J connectivity index is 1.46. The Bertz CT molecular complexity index is 952. The fourth-order valence-electron chi connectivity index (χ4n) is 2.97. The number of furan rings is 1. The fraction of sp³-hybridized carbons (Fsp3) is 0.105. The summed E-state index contributed by atoms with van der Waals surface area (Å²) >= 11 is 0. The van der Waals surface area contributed by atoms with Gasteiger partial charge in [-0.3, -0.25) is 9.89 Å². The van der Waals surface area contributed by atoms with Crippen molar-refractivity contribution < 1.29 is 9.21 Å². The first-order valence-corrected chi connectivity index (χ1v) is 8.02. The average molecular weight is 332 g/mol. The van der Waals surface area contributed by atoms with Crippen molar-refractivity contribution in [1.29, 1.82) is 0 Å². The Kier molecular flexibility index (Phi) is 4.00. The number of aryl methyl sites for hydroxylation is 1. The van der Waals surface area contributed by atoms with Gasteiger partial charge in [-0.15, -0.1) is 0 Å². The van der Waals surface area contributed by atoms with E-state index in [2.05, 4.69) is 26.8 Å². The molecule has 0 saturated carbocycles. The molecule has 6 nitrogen and oxygen atoms in total. The summed E-state index contributed by atoms with van der Waals surface area (Å²) in [7, 11) is 0. The molecule has 2 N–H and O–H groups in total. The van der Waals surface area contributed by atoms with Crippen LogP contribution in [-0.2, 0) is 12.8 Å². The van der Waals surface area contributed by atoms with Crippen LogP contribution in [0, 0.1) is 0 Å². The number of amides is 1. The van der Waals surface area contributed by atoms with Gasteiger partial charge in [-0.2, -0.15) is 10.2 Å². The van der Waals surface area contributed by atoms with E-state index in [1.54, 1.807) is 24.5 Å². The van der Waals surface area contributed by atoms with Crippen molar-refractivity contribution >= 4 is 18.2 Å². The van der Waals surface area contributed by atoms with Crippen LogP contribution in [0.5, 0.6) is 0 Å². The number of allylic oxidation sites excluding steroid dienone is 1. The van der Waals surface area contributed by atoms with E-state index in [1.807, 2.05) is 24.3 Å². The third kappa shape index (κ3) is 3.01. The smallest absolute Gasteiger partial charge is 0.289 e. The van der Waals surface area contributed by atoms with Crippen LogP contribution in [0.25, 0.3) is 17.3 Å². The Hall–Kier alpha value is -3.41. The Morgan fingerprint density at radius 1 is 1.24 bits per heavy atom. The molecule has 0 radical (unpaired) electrons. The summed E-state index contributed by atoms with van der Waals surface area (Å²) in [6.45, 7) is 0. The van der Waals surface area contributed by atoms with Crippen LogP contribution in [0.15, 0.2) is 58.3 Å². The van der Waals surface area contributed by atoms with E-state index in [4.69, 9.17) is 4.42 Å². The molecule has 1 aromatic carbocycles. The molecule has 25 heavy (non-hydrogen) atoms. The van der Waals surface area contributed by atoms with Gasteiger partial charge in [-0.1, -0.05) is 24.3 Å². The number of nitrogens with zero attached hydrogens (tertiary/aromatic N) is 2. The number of nitrogens with one attached hydrogen (secondary N) is 2. The molecule has 6 heteroatoms. The number of carbonyl (C=O) groups excluding carboxylic acids is 1. The van der Waals surface area contributed by atoms with Crippen molar-refractivity contribution in [2.24, 2.45) is 5.10 Å². The molecule has 1 aliphatic carbocycles. The lowest BCUT2D eigenvalue weighted by atomic mass is 9.89. The zero-order valence-corrected chi connectivity index (χ0v) is 13.4. The first kappa shape index (κ1) is 15.1. The molecule has 2 heterocycles. The van der Waals surface area contributed by atoms with E-state index >= 15 is 0 Å². The van der Waals surface area contributed by atoms with Crippen molar-refractivity contribution in [3.8, 4) is 11.3 Å². The molecule has 0 unspecified atom stereocenters. The highest BCUT2D eigenvalue weighted by Gasteiger charge is 2.24. The van der Waals surface area contributed by atoms with E-state index in [-0.39, 0.29) is 5.91 Å². The molecule has 0 aliphatic heterocycles. The van der Waals surface area contributed by atoms with Crippen LogP contribution in [0.3, 0.4) is 0 Å². The van der Waals surface area contributed by atoms with E-state index in [9.17, 15) is 4.79 Å². The number of aromatic nitrogens is 2. The van der Waals surface area contributed by atoms with Crippen LogP contribution in [0.4, 0.5) is 0 Å². The lowest BCUT2D eigenvalue weighted by Crippen LogP contribution is -2.20. The van der Waals surface area contributed by atoms with Crippen LogP contribution < -0.4 is 5.43 Å². The summed E-state index contributed by atoms with van der Waals surface area (Å²) in [4.78, 5) is 12.3. The zero-order chi connectivity index (χ0) is 17.1. The Labute approximate surface area is 144 Å². The van der Waals surface area contributed by atoms with Gasteiger partial charge in [0, 0.05) is 17.3 Å². The topological polar surface area (TPSA) is 83.3 Å². The van der Waals surface area contributed by atoms with E-state index in [0.29, 0.717) is 5.69 Å². The molecule has 0 saturated heterocycles. The molecule has 0 atom stereocenters. The Morgan fingerprint density at radius 2 is 2.16 bits per heavy atom. The van der Waals surface area contributed by atoms with Crippen LogP contribution in [-0.4, -0.2) is 22.3 Å². The largest absolute Gasteiger partial charge is 0.465 e. The minimum atomic E-state index is -0.296. The van der Waals surface area contributed by atoms with Crippen molar-refractivity contribution in [1.82, 2.24) is 15.6 Å². The minimum Gasteiger partial charge on any atom is -0.465 e. The molecular weight excluding hydrogens is 316 g/mol. The lowest BCUT2D eigenvalue weighted by Gasteiger charge is -2.15. The van der Waals surface area contributed by atoms with Crippen LogP contribution in [0.2, 0.25) is 0 Å². The summed E-state index contributed by atoms with van der Waals surface area (Å²) < 4.78 is 5.16.